The van der Waals surface area contributed by atoms with E-state index in [1.807, 2.05) is 0 Å². The van der Waals surface area contributed by atoms with Gasteiger partial charge < -0.3 is 20.5 Å². The Morgan fingerprint density at radius 2 is 2.21 bits per heavy atom. The highest BCUT2D eigenvalue weighted by atomic mass is 19.1. The molecule has 0 atom stereocenters. The number of hydrogen-bond donors (Lipinski definition) is 2. The van der Waals surface area contributed by atoms with Crippen molar-refractivity contribution in [2.75, 3.05) is 25.6 Å². The summed E-state index contributed by atoms with van der Waals surface area (Å²) in [6.07, 6.45) is 1.62. The van der Waals surface area contributed by atoms with Crippen molar-refractivity contribution >= 4 is 11.6 Å². The van der Waals surface area contributed by atoms with E-state index in [1.165, 1.54) is 12.1 Å². The molecule has 0 aliphatic carbocycles. The third kappa shape index (κ3) is 4.10. The Labute approximate surface area is 110 Å². The predicted octanol–water partition coefficient (Wildman–Crippen LogP) is 1.08. The molecule has 6 heteroatoms. The van der Waals surface area contributed by atoms with Crippen LogP contribution in [-0.4, -0.2) is 31.8 Å². The van der Waals surface area contributed by atoms with Gasteiger partial charge in [0.25, 0.3) is 5.91 Å². The summed E-state index contributed by atoms with van der Waals surface area (Å²) in [6.45, 7) is 1.20. The zero-order valence-corrected chi connectivity index (χ0v) is 10.5. The molecular weight excluding hydrogens is 251 g/mol. The SMILES string of the molecule is Nc1cc(F)ccc1OCC(=O)NC1CCOCC1. The minimum absolute atomic E-state index is 0.132. The van der Waals surface area contributed by atoms with Crippen molar-refractivity contribution in [2.45, 2.75) is 18.9 Å². The maximum atomic E-state index is 12.8. The first-order chi connectivity index (χ1) is 9.15. The number of nitrogens with one attached hydrogen (secondary N) is 1. The van der Waals surface area contributed by atoms with Crippen molar-refractivity contribution < 1.29 is 18.7 Å². The topological polar surface area (TPSA) is 73.6 Å². The molecule has 19 heavy (non-hydrogen) atoms. The van der Waals surface area contributed by atoms with Crippen molar-refractivity contribution in [1.29, 1.82) is 0 Å². The smallest absolute Gasteiger partial charge is 0.258 e. The predicted molar refractivity (Wildman–Crippen MR) is 68.3 cm³/mol. The van der Waals surface area contributed by atoms with Crippen LogP contribution in [0.25, 0.3) is 0 Å². The summed E-state index contributed by atoms with van der Waals surface area (Å²) < 4.78 is 23.3. The van der Waals surface area contributed by atoms with E-state index in [-0.39, 0.29) is 24.2 Å². The maximum Gasteiger partial charge on any atom is 0.258 e. The number of hydrogen-bond acceptors (Lipinski definition) is 4. The van der Waals surface area contributed by atoms with Gasteiger partial charge in [-0.2, -0.15) is 0 Å². The first-order valence-electron chi connectivity index (χ1n) is 6.20. The molecule has 1 aliphatic heterocycles. The molecule has 1 aromatic carbocycles. The summed E-state index contributed by atoms with van der Waals surface area (Å²) in [5.41, 5.74) is 5.76. The number of halogens is 1. The molecule has 0 saturated carbocycles. The van der Waals surface area contributed by atoms with Crippen LogP contribution >= 0.6 is 0 Å². The molecular formula is C13H17FN2O3. The number of anilines is 1. The van der Waals surface area contributed by atoms with Gasteiger partial charge in [0.15, 0.2) is 6.61 Å². The van der Waals surface area contributed by atoms with Crippen molar-refractivity contribution in [3.63, 3.8) is 0 Å². The summed E-state index contributed by atoms with van der Waals surface area (Å²) in [5, 5.41) is 2.86. The van der Waals surface area contributed by atoms with Crippen LogP contribution in [0.2, 0.25) is 0 Å². The van der Waals surface area contributed by atoms with Crippen molar-refractivity contribution in [2.24, 2.45) is 0 Å². The molecule has 5 nitrogen and oxygen atoms in total. The van der Waals surface area contributed by atoms with E-state index in [9.17, 15) is 9.18 Å². The number of rotatable bonds is 4. The summed E-state index contributed by atoms with van der Waals surface area (Å²) >= 11 is 0. The Kier molecular flexibility index (Phi) is 4.57. The fourth-order valence-corrected chi connectivity index (χ4v) is 1.91. The molecule has 1 amide bonds. The van der Waals surface area contributed by atoms with E-state index in [2.05, 4.69) is 5.32 Å². The van der Waals surface area contributed by atoms with E-state index < -0.39 is 5.82 Å². The van der Waals surface area contributed by atoms with Crippen LogP contribution in [0, 0.1) is 5.82 Å². The lowest BCUT2D eigenvalue weighted by Gasteiger charge is -2.23. The van der Waals surface area contributed by atoms with Crippen LogP contribution in [0.5, 0.6) is 5.75 Å². The third-order valence-electron chi connectivity index (χ3n) is 2.92. The molecule has 1 aliphatic rings. The zero-order valence-electron chi connectivity index (χ0n) is 10.5. The molecule has 1 heterocycles. The van der Waals surface area contributed by atoms with E-state index in [0.29, 0.717) is 19.0 Å². The van der Waals surface area contributed by atoms with Gasteiger partial charge in [0.1, 0.15) is 11.6 Å². The van der Waals surface area contributed by atoms with Crippen LogP contribution in [0.1, 0.15) is 12.8 Å². The molecule has 0 aromatic heterocycles. The quantitative estimate of drug-likeness (QED) is 0.801. The van der Waals surface area contributed by atoms with Gasteiger partial charge in [0.2, 0.25) is 0 Å². The molecule has 0 unspecified atom stereocenters. The molecule has 0 spiro atoms. The number of amides is 1. The number of nitrogen functional groups attached to an aromatic ring is 1. The number of ether oxygens (including phenoxy) is 2. The Balaban J connectivity index is 1.79. The fraction of sp³-hybridized carbons (Fsp3) is 0.462. The lowest BCUT2D eigenvalue weighted by Crippen LogP contribution is -2.41. The van der Waals surface area contributed by atoms with Crippen LogP contribution in [0.4, 0.5) is 10.1 Å². The van der Waals surface area contributed by atoms with Gasteiger partial charge in [-0.25, -0.2) is 4.39 Å². The van der Waals surface area contributed by atoms with Crippen molar-refractivity contribution in [3.05, 3.63) is 24.0 Å². The zero-order chi connectivity index (χ0) is 13.7. The van der Waals surface area contributed by atoms with Crippen LogP contribution in [0.3, 0.4) is 0 Å². The molecule has 1 aromatic rings. The number of carbonyl (C=O) groups is 1. The van der Waals surface area contributed by atoms with Crippen LogP contribution in [-0.2, 0) is 9.53 Å². The highest BCUT2D eigenvalue weighted by molar-refractivity contribution is 5.78. The second-order valence-corrected chi connectivity index (χ2v) is 4.42. The summed E-state index contributed by atoms with van der Waals surface area (Å²) in [4.78, 5) is 11.7. The fourth-order valence-electron chi connectivity index (χ4n) is 1.91. The first kappa shape index (κ1) is 13.6. The number of carbonyl (C=O) groups excluding carboxylic acids is 1. The van der Waals surface area contributed by atoms with Gasteiger partial charge in [-0.05, 0) is 25.0 Å². The minimum atomic E-state index is -0.434. The second kappa shape index (κ2) is 6.38. The van der Waals surface area contributed by atoms with E-state index in [1.54, 1.807) is 0 Å². The average Bonchev–Trinajstić information content (AvgIpc) is 2.39. The van der Waals surface area contributed by atoms with Gasteiger partial charge in [-0.3, -0.25) is 4.79 Å². The second-order valence-electron chi connectivity index (χ2n) is 4.42. The summed E-state index contributed by atoms with van der Waals surface area (Å²) in [6, 6.07) is 3.94. The van der Waals surface area contributed by atoms with Gasteiger partial charge in [0, 0.05) is 25.3 Å². The lowest BCUT2D eigenvalue weighted by atomic mass is 10.1. The highest BCUT2D eigenvalue weighted by Crippen LogP contribution is 2.21. The lowest BCUT2D eigenvalue weighted by molar-refractivity contribution is -0.124. The monoisotopic (exact) mass is 268 g/mol. The number of nitrogens with two attached hydrogens (primary N) is 1. The maximum absolute atomic E-state index is 12.8. The standard InChI is InChI=1S/C13H17FN2O3/c14-9-1-2-12(11(15)7-9)19-8-13(17)16-10-3-5-18-6-4-10/h1-2,7,10H,3-6,8,15H2,(H,16,17). The molecule has 2 rings (SSSR count). The summed E-state index contributed by atoms with van der Waals surface area (Å²) in [5.74, 6) is -0.337. The molecule has 1 saturated heterocycles. The van der Waals surface area contributed by atoms with Gasteiger partial charge in [-0.15, -0.1) is 0 Å². The highest BCUT2D eigenvalue weighted by Gasteiger charge is 2.16. The Bertz CT molecular complexity index is 448. The minimum Gasteiger partial charge on any atom is -0.482 e. The molecule has 104 valence electrons. The molecule has 3 N–H and O–H groups in total. The van der Waals surface area contributed by atoms with E-state index in [4.69, 9.17) is 15.2 Å². The number of benzene rings is 1. The van der Waals surface area contributed by atoms with Gasteiger partial charge in [0.05, 0.1) is 5.69 Å². The van der Waals surface area contributed by atoms with Gasteiger partial charge in [-0.1, -0.05) is 0 Å². The molecule has 0 radical (unpaired) electrons. The normalized spacial score (nSPS) is 16.1. The third-order valence-corrected chi connectivity index (χ3v) is 2.92. The Morgan fingerprint density at radius 3 is 2.89 bits per heavy atom. The van der Waals surface area contributed by atoms with E-state index >= 15 is 0 Å². The van der Waals surface area contributed by atoms with E-state index in [0.717, 1.165) is 18.9 Å². The molecule has 1 fully saturated rings. The average molecular weight is 268 g/mol. The molecule has 0 bridgehead atoms. The largest absolute Gasteiger partial charge is 0.482 e. The van der Waals surface area contributed by atoms with Crippen LogP contribution in [0.15, 0.2) is 18.2 Å². The van der Waals surface area contributed by atoms with Crippen molar-refractivity contribution in [1.82, 2.24) is 5.32 Å². The summed E-state index contributed by atoms with van der Waals surface area (Å²) in [7, 11) is 0. The van der Waals surface area contributed by atoms with Crippen LogP contribution < -0.4 is 15.8 Å². The van der Waals surface area contributed by atoms with Crippen molar-refractivity contribution in [3.8, 4) is 5.75 Å². The van der Waals surface area contributed by atoms with Gasteiger partial charge >= 0.3 is 0 Å². The first-order valence-corrected chi connectivity index (χ1v) is 6.20. The Morgan fingerprint density at radius 1 is 1.47 bits per heavy atom. The Hall–Kier alpha value is -1.82.